The normalized spacial score (nSPS) is 19.3. The number of aromatic nitrogens is 3. The fraction of sp³-hybridized carbons (Fsp3) is 0.364. The summed E-state index contributed by atoms with van der Waals surface area (Å²) >= 11 is 0. The van der Waals surface area contributed by atoms with Crippen LogP contribution in [-0.4, -0.2) is 46.9 Å². The lowest BCUT2D eigenvalue weighted by Crippen LogP contribution is -2.47. The molecular formula is C22H23N5O2. The molecule has 1 atom stereocenters. The second kappa shape index (κ2) is 7.31. The molecule has 2 aliphatic rings. The number of hydrogen-bond acceptors (Lipinski definition) is 7. The van der Waals surface area contributed by atoms with Gasteiger partial charge in [-0.05, 0) is 31.2 Å². The van der Waals surface area contributed by atoms with E-state index in [1.807, 2.05) is 43.5 Å². The Kier molecular flexibility index (Phi) is 4.50. The first kappa shape index (κ1) is 17.8. The van der Waals surface area contributed by atoms with Gasteiger partial charge in [0.05, 0.1) is 23.2 Å². The van der Waals surface area contributed by atoms with E-state index in [-0.39, 0.29) is 11.7 Å². The van der Waals surface area contributed by atoms with Gasteiger partial charge < -0.3 is 14.2 Å². The molecule has 1 fully saturated rings. The predicted octanol–water partition coefficient (Wildman–Crippen LogP) is 3.01. The lowest BCUT2D eigenvalue weighted by Gasteiger charge is -2.36. The van der Waals surface area contributed by atoms with Gasteiger partial charge in [0.1, 0.15) is 11.6 Å². The smallest absolute Gasteiger partial charge is 0.225 e. The van der Waals surface area contributed by atoms with Crippen molar-refractivity contribution in [2.75, 3.05) is 36.0 Å². The zero-order valence-corrected chi connectivity index (χ0v) is 16.4. The van der Waals surface area contributed by atoms with Crippen LogP contribution in [0.3, 0.4) is 0 Å². The summed E-state index contributed by atoms with van der Waals surface area (Å²) in [6.07, 6.45) is 4.64. The average molecular weight is 389 g/mol. The summed E-state index contributed by atoms with van der Waals surface area (Å²) in [5.74, 6) is 2.73. The topological polar surface area (TPSA) is 75.4 Å². The van der Waals surface area contributed by atoms with Crippen LogP contribution in [0, 0.1) is 6.92 Å². The van der Waals surface area contributed by atoms with Crippen LogP contribution in [-0.2, 0) is 6.42 Å². The number of aryl methyl sites for hydroxylation is 1. The largest absolute Gasteiger partial charge is 0.469 e. The first-order chi connectivity index (χ1) is 14.2. The van der Waals surface area contributed by atoms with E-state index >= 15 is 0 Å². The number of ketones is 1. The molecule has 1 aliphatic heterocycles. The van der Waals surface area contributed by atoms with Crippen LogP contribution in [0.15, 0.2) is 47.2 Å². The highest BCUT2D eigenvalue weighted by Gasteiger charge is 2.32. The molecule has 0 aromatic carbocycles. The molecule has 29 heavy (non-hydrogen) atoms. The number of Topliss-reactive ketones (excluding diaryl/α,β-unsaturated/α-hetero) is 1. The van der Waals surface area contributed by atoms with Crippen LogP contribution in [0.4, 0.5) is 11.8 Å². The van der Waals surface area contributed by atoms with Crippen LogP contribution in [0.25, 0.3) is 0 Å². The fourth-order valence-electron chi connectivity index (χ4n) is 4.30. The summed E-state index contributed by atoms with van der Waals surface area (Å²) in [5, 5.41) is 0. The summed E-state index contributed by atoms with van der Waals surface area (Å²) in [7, 11) is 0. The standard InChI is InChI=1S/C22H23N5O2/c1-15-21-17(13-16(14-18(21)28)19-5-4-12-29-19)25-22(24-15)27-10-8-26(9-11-27)20-6-2-3-7-23-20/h2-7,12,16H,8-11,13-14H2,1H3/t16-/m1/s1. The Balaban J connectivity index is 1.37. The van der Waals surface area contributed by atoms with Gasteiger partial charge in [0, 0.05) is 51.1 Å². The number of rotatable bonds is 3. The molecule has 4 heterocycles. The minimum Gasteiger partial charge on any atom is -0.469 e. The molecule has 3 aromatic rings. The zero-order valence-electron chi connectivity index (χ0n) is 16.4. The summed E-state index contributed by atoms with van der Waals surface area (Å²) < 4.78 is 5.55. The van der Waals surface area contributed by atoms with E-state index in [0.29, 0.717) is 18.4 Å². The van der Waals surface area contributed by atoms with Gasteiger partial charge in [-0.2, -0.15) is 0 Å². The fourth-order valence-corrected chi connectivity index (χ4v) is 4.30. The molecule has 0 N–H and O–H groups in total. The van der Waals surface area contributed by atoms with Crippen molar-refractivity contribution in [3.8, 4) is 0 Å². The van der Waals surface area contributed by atoms with Crippen molar-refractivity contribution in [1.82, 2.24) is 15.0 Å². The number of pyridine rings is 1. The van der Waals surface area contributed by atoms with Gasteiger partial charge in [-0.1, -0.05) is 6.07 Å². The molecule has 3 aromatic heterocycles. The van der Waals surface area contributed by atoms with E-state index in [1.165, 1.54) is 0 Å². The Labute approximate surface area is 169 Å². The number of carbonyl (C=O) groups excluding carboxylic acids is 1. The van der Waals surface area contributed by atoms with Crippen molar-refractivity contribution in [2.24, 2.45) is 0 Å². The molecule has 0 amide bonds. The van der Waals surface area contributed by atoms with Crippen LogP contribution in [0.5, 0.6) is 0 Å². The van der Waals surface area contributed by atoms with Crippen LogP contribution < -0.4 is 9.80 Å². The van der Waals surface area contributed by atoms with Crippen LogP contribution in [0.2, 0.25) is 0 Å². The number of nitrogens with zero attached hydrogens (tertiary/aromatic N) is 5. The van der Waals surface area contributed by atoms with Gasteiger partial charge in [-0.25, -0.2) is 15.0 Å². The summed E-state index contributed by atoms with van der Waals surface area (Å²) in [6, 6.07) is 9.79. The molecular weight excluding hydrogens is 366 g/mol. The first-order valence-electron chi connectivity index (χ1n) is 10.0. The number of furan rings is 1. The molecule has 7 nitrogen and oxygen atoms in total. The second-order valence-electron chi connectivity index (χ2n) is 7.64. The molecule has 0 bridgehead atoms. The Morgan fingerprint density at radius 1 is 1.00 bits per heavy atom. The SMILES string of the molecule is Cc1nc(N2CCN(c3ccccn3)CC2)nc2c1C(=O)C[C@H](c1ccco1)C2. The Hall–Kier alpha value is -3.22. The van der Waals surface area contributed by atoms with Crippen LogP contribution >= 0.6 is 0 Å². The highest BCUT2D eigenvalue weighted by Crippen LogP contribution is 2.34. The van der Waals surface area contributed by atoms with Gasteiger partial charge in [-0.15, -0.1) is 0 Å². The Morgan fingerprint density at radius 2 is 1.83 bits per heavy atom. The predicted molar refractivity (Wildman–Crippen MR) is 110 cm³/mol. The monoisotopic (exact) mass is 389 g/mol. The van der Waals surface area contributed by atoms with Crippen molar-refractivity contribution < 1.29 is 9.21 Å². The molecule has 0 unspecified atom stereocenters. The van der Waals surface area contributed by atoms with E-state index in [4.69, 9.17) is 9.40 Å². The van der Waals surface area contributed by atoms with E-state index in [9.17, 15) is 4.79 Å². The van der Waals surface area contributed by atoms with Gasteiger partial charge in [0.15, 0.2) is 5.78 Å². The maximum Gasteiger partial charge on any atom is 0.225 e. The second-order valence-corrected chi connectivity index (χ2v) is 7.64. The van der Waals surface area contributed by atoms with Gasteiger partial charge in [0.2, 0.25) is 5.95 Å². The van der Waals surface area contributed by atoms with Gasteiger partial charge in [0.25, 0.3) is 0 Å². The van der Waals surface area contributed by atoms with E-state index < -0.39 is 0 Å². The third-order valence-electron chi connectivity index (χ3n) is 5.78. The lowest BCUT2D eigenvalue weighted by atomic mass is 9.84. The number of hydrogen-bond donors (Lipinski definition) is 0. The number of anilines is 2. The molecule has 7 heteroatoms. The average Bonchev–Trinajstić information content (AvgIpc) is 3.29. The highest BCUT2D eigenvalue weighted by molar-refractivity contribution is 5.99. The minimum atomic E-state index is 0.0492. The molecule has 1 saturated heterocycles. The molecule has 0 saturated carbocycles. The number of fused-ring (bicyclic) bond motifs is 1. The van der Waals surface area contributed by atoms with Crippen LogP contribution in [0.1, 0.15) is 39.8 Å². The van der Waals surface area contributed by atoms with E-state index in [2.05, 4.69) is 19.8 Å². The third-order valence-corrected chi connectivity index (χ3v) is 5.78. The Bertz CT molecular complexity index is 1010. The zero-order chi connectivity index (χ0) is 19.8. The maximum absolute atomic E-state index is 12.8. The molecule has 5 rings (SSSR count). The summed E-state index contributed by atoms with van der Waals surface area (Å²) in [5.41, 5.74) is 2.32. The van der Waals surface area contributed by atoms with E-state index in [1.54, 1.807) is 6.26 Å². The number of carbonyl (C=O) groups is 1. The minimum absolute atomic E-state index is 0.0492. The third kappa shape index (κ3) is 3.37. The maximum atomic E-state index is 12.8. The highest BCUT2D eigenvalue weighted by atomic mass is 16.3. The molecule has 0 spiro atoms. The lowest BCUT2D eigenvalue weighted by molar-refractivity contribution is 0.0958. The van der Waals surface area contributed by atoms with Gasteiger partial charge in [-0.3, -0.25) is 4.79 Å². The van der Waals surface area contributed by atoms with Crippen molar-refractivity contribution in [3.63, 3.8) is 0 Å². The van der Waals surface area contributed by atoms with Crippen molar-refractivity contribution >= 4 is 17.5 Å². The van der Waals surface area contributed by atoms with E-state index in [0.717, 1.165) is 55.1 Å². The first-order valence-corrected chi connectivity index (χ1v) is 10.0. The van der Waals surface area contributed by atoms with Crippen molar-refractivity contribution in [1.29, 1.82) is 0 Å². The molecule has 1 aliphatic carbocycles. The number of piperazine rings is 1. The Morgan fingerprint density at radius 3 is 2.55 bits per heavy atom. The summed E-state index contributed by atoms with van der Waals surface area (Å²) in [6.45, 7) is 5.29. The van der Waals surface area contributed by atoms with Crippen molar-refractivity contribution in [3.05, 3.63) is 65.5 Å². The quantitative estimate of drug-likeness (QED) is 0.681. The summed E-state index contributed by atoms with van der Waals surface area (Å²) in [4.78, 5) is 31.2. The van der Waals surface area contributed by atoms with Gasteiger partial charge >= 0.3 is 0 Å². The molecule has 0 radical (unpaired) electrons. The molecule has 148 valence electrons. The van der Waals surface area contributed by atoms with Crippen molar-refractivity contribution in [2.45, 2.75) is 25.7 Å².